The predicted molar refractivity (Wildman–Crippen MR) is 103 cm³/mol. The van der Waals surface area contributed by atoms with E-state index in [9.17, 15) is 4.79 Å². The number of morpholine rings is 1. The van der Waals surface area contributed by atoms with Crippen molar-refractivity contribution in [3.63, 3.8) is 0 Å². The van der Waals surface area contributed by atoms with Gasteiger partial charge in [-0.15, -0.1) is 0 Å². The lowest BCUT2D eigenvalue weighted by atomic mass is 9.76. The lowest BCUT2D eigenvalue weighted by Gasteiger charge is -2.45. The molecule has 1 amide bonds. The van der Waals surface area contributed by atoms with Crippen LogP contribution in [0.4, 0.5) is 5.69 Å². The van der Waals surface area contributed by atoms with Gasteiger partial charge in [0.25, 0.3) is 11.7 Å². The van der Waals surface area contributed by atoms with Crippen molar-refractivity contribution in [2.75, 3.05) is 51.1 Å². The van der Waals surface area contributed by atoms with Gasteiger partial charge in [0.1, 0.15) is 0 Å². The lowest BCUT2D eigenvalue weighted by Crippen LogP contribution is -2.55. The van der Waals surface area contributed by atoms with E-state index in [0.29, 0.717) is 44.9 Å². The number of rotatable bonds is 2. The number of nitrogens with zero attached hydrogens (tertiary/aromatic N) is 2. The number of hydrogen-bond acceptors (Lipinski definition) is 5. The third kappa shape index (κ3) is 2.32. The number of benzene rings is 1. The Bertz CT molecular complexity index is 824. The van der Waals surface area contributed by atoms with Gasteiger partial charge in [-0.3, -0.25) is 14.6 Å². The second-order valence-corrected chi connectivity index (χ2v) is 8.87. The fraction of sp³-hybridized carbons (Fsp3) is 0.591. The van der Waals surface area contributed by atoms with Gasteiger partial charge in [-0.2, -0.15) is 0 Å². The maximum atomic E-state index is 13.6. The lowest BCUT2D eigenvalue weighted by molar-refractivity contribution is -0.295. The second kappa shape index (κ2) is 6.13. The van der Waals surface area contributed by atoms with Crippen LogP contribution in [0.25, 0.3) is 0 Å². The Morgan fingerprint density at radius 3 is 2.57 bits per heavy atom. The molecule has 1 saturated carbocycles. The zero-order valence-corrected chi connectivity index (χ0v) is 16.0. The number of anilines is 1. The maximum Gasteiger partial charge on any atom is 0.293 e. The Hall–Kier alpha value is -1.73. The summed E-state index contributed by atoms with van der Waals surface area (Å²) in [6.07, 6.45) is 6.97. The van der Waals surface area contributed by atoms with E-state index < -0.39 is 5.79 Å². The van der Waals surface area contributed by atoms with Gasteiger partial charge in [0.05, 0.1) is 38.8 Å². The molecule has 6 nitrogen and oxygen atoms in total. The largest absolute Gasteiger partial charge is 0.379 e. The van der Waals surface area contributed by atoms with E-state index in [1.807, 2.05) is 29.2 Å². The van der Waals surface area contributed by atoms with Crippen molar-refractivity contribution in [2.45, 2.75) is 18.6 Å². The van der Waals surface area contributed by atoms with Crippen LogP contribution in [-0.2, 0) is 24.8 Å². The van der Waals surface area contributed by atoms with Crippen LogP contribution in [0, 0.1) is 17.3 Å². The Kier molecular flexibility index (Phi) is 3.76. The van der Waals surface area contributed by atoms with Gasteiger partial charge >= 0.3 is 0 Å². The first-order valence-corrected chi connectivity index (χ1v) is 10.4. The van der Waals surface area contributed by atoms with Gasteiger partial charge in [-0.05, 0) is 30.7 Å². The molecule has 2 bridgehead atoms. The first kappa shape index (κ1) is 17.2. The summed E-state index contributed by atoms with van der Waals surface area (Å²) in [6, 6.07) is 7.91. The molecule has 6 heteroatoms. The summed E-state index contributed by atoms with van der Waals surface area (Å²) in [6.45, 7) is 4.80. The molecule has 2 aliphatic carbocycles. The SMILES string of the molecule is O=C1N(CN2CCOCC2)c2ccccc2C12OCC1(CO2)C[C@H]2C=C[C@H]1C2. The highest BCUT2D eigenvalue weighted by molar-refractivity contribution is 6.06. The van der Waals surface area contributed by atoms with Crippen LogP contribution in [0.1, 0.15) is 18.4 Å². The van der Waals surface area contributed by atoms with Crippen molar-refractivity contribution in [1.29, 1.82) is 0 Å². The van der Waals surface area contributed by atoms with Crippen LogP contribution in [0.2, 0.25) is 0 Å². The van der Waals surface area contributed by atoms with Crippen molar-refractivity contribution < 1.29 is 19.0 Å². The van der Waals surface area contributed by atoms with E-state index in [2.05, 4.69) is 17.1 Å². The molecule has 28 heavy (non-hydrogen) atoms. The topological polar surface area (TPSA) is 51.2 Å². The van der Waals surface area contributed by atoms with Crippen LogP contribution >= 0.6 is 0 Å². The maximum absolute atomic E-state index is 13.6. The van der Waals surface area contributed by atoms with E-state index >= 15 is 0 Å². The van der Waals surface area contributed by atoms with Gasteiger partial charge in [0.15, 0.2) is 0 Å². The Balaban J connectivity index is 1.29. The molecule has 2 atom stereocenters. The van der Waals surface area contributed by atoms with Gasteiger partial charge < -0.3 is 14.2 Å². The summed E-state index contributed by atoms with van der Waals surface area (Å²) in [4.78, 5) is 17.7. The summed E-state index contributed by atoms with van der Waals surface area (Å²) in [5, 5.41) is 0. The molecule has 3 fully saturated rings. The van der Waals surface area contributed by atoms with Crippen LogP contribution < -0.4 is 4.90 Å². The number of fused-ring (bicyclic) bond motifs is 5. The molecule has 3 aliphatic heterocycles. The quantitative estimate of drug-likeness (QED) is 0.734. The van der Waals surface area contributed by atoms with Crippen molar-refractivity contribution in [2.24, 2.45) is 17.3 Å². The summed E-state index contributed by atoms with van der Waals surface area (Å²) in [5.41, 5.74) is 1.79. The molecule has 148 valence electrons. The molecule has 2 spiro atoms. The van der Waals surface area contributed by atoms with Crippen molar-refractivity contribution in [1.82, 2.24) is 4.90 Å². The Morgan fingerprint density at radius 1 is 1.07 bits per heavy atom. The fourth-order valence-corrected chi connectivity index (χ4v) is 5.71. The molecule has 3 heterocycles. The number of carbonyl (C=O) groups excluding carboxylic acids is 1. The molecule has 1 aromatic carbocycles. The van der Waals surface area contributed by atoms with E-state index in [-0.39, 0.29) is 11.3 Å². The zero-order chi connectivity index (χ0) is 18.8. The van der Waals surface area contributed by atoms with Crippen molar-refractivity contribution >= 4 is 11.6 Å². The molecule has 0 radical (unpaired) electrons. The minimum atomic E-state index is -1.28. The Labute approximate surface area is 165 Å². The summed E-state index contributed by atoms with van der Waals surface area (Å²) in [7, 11) is 0. The number of allylic oxidation sites excluding steroid dienone is 2. The summed E-state index contributed by atoms with van der Waals surface area (Å²) < 4.78 is 18.2. The van der Waals surface area contributed by atoms with Crippen LogP contribution in [0.3, 0.4) is 0 Å². The smallest absolute Gasteiger partial charge is 0.293 e. The predicted octanol–water partition coefficient (Wildman–Crippen LogP) is 2.10. The Morgan fingerprint density at radius 2 is 1.86 bits per heavy atom. The standard InChI is InChI=1S/C22H26N2O4/c25-20-22(27-13-21(14-28-22)12-16-5-6-17(21)11-16)18-3-1-2-4-19(18)24(20)15-23-7-9-26-10-8-23/h1-6,16-17H,7-15H2/t16-,17-,21?,22?/m0/s1. The number of ether oxygens (including phenoxy) is 3. The second-order valence-electron chi connectivity index (χ2n) is 8.87. The monoisotopic (exact) mass is 382 g/mol. The summed E-state index contributed by atoms with van der Waals surface area (Å²) in [5.74, 6) is -0.199. The van der Waals surface area contributed by atoms with Crippen molar-refractivity contribution in [3.8, 4) is 0 Å². The third-order valence-electron chi connectivity index (χ3n) is 7.27. The average molecular weight is 382 g/mol. The number of amides is 1. The van der Waals surface area contributed by atoms with E-state index in [1.54, 1.807) is 0 Å². The molecular weight excluding hydrogens is 356 g/mol. The number of para-hydroxylation sites is 1. The first-order chi connectivity index (χ1) is 13.7. The molecule has 0 N–H and O–H groups in total. The van der Waals surface area contributed by atoms with Crippen LogP contribution in [-0.4, -0.2) is 57.0 Å². The highest BCUT2D eigenvalue weighted by Crippen LogP contribution is 2.57. The minimum Gasteiger partial charge on any atom is -0.379 e. The third-order valence-corrected chi connectivity index (χ3v) is 7.27. The van der Waals surface area contributed by atoms with E-state index in [4.69, 9.17) is 14.2 Å². The van der Waals surface area contributed by atoms with Gasteiger partial charge in [-0.1, -0.05) is 30.4 Å². The summed E-state index contributed by atoms with van der Waals surface area (Å²) >= 11 is 0. The van der Waals surface area contributed by atoms with Gasteiger partial charge in [0, 0.05) is 24.1 Å². The number of hydrogen-bond donors (Lipinski definition) is 0. The highest BCUT2D eigenvalue weighted by atomic mass is 16.7. The molecular formula is C22H26N2O4. The normalized spacial score (nSPS) is 39.4. The molecule has 1 aromatic rings. The van der Waals surface area contributed by atoms with Gasteiger partial charge in [-0.25, -0.2) is 0 Å². The number of carbonyl (C=O) groups is 1. The van der Waals surface area contributed by atoms with E-state index in [0.717, 1.165) is 30.8 Å². The first-order valence-electron chi connectivity index (χ1n) is 10.4. The molecule has 5 aliphatic rings. The molecule has 6 rings (SSSR count). The van der Waals surface area contributed by atoms with Gasteiger partial charge in [0.2, 0.25) is 0 Å². The molecule has 0 aromatic heterocycles. The molecule has 0 unspecified atom stereocenters. The molecule has 2 saturated heterocycles. The zero-order valence-electron chi connectivity index (χ0n) is 16.0. The van der Waals surface area contributed by atoms with Crippen molar-refractivity contribution in [3.05, 3.63) is 42.0 Å². The van der Waals surface area contributed by atoms with Crippen LogP contribution in [0.15, 0.2) is 36.4 Å². The fourth-order valence-electron chi connectivity index (χ4n) is 5.71. The average Bonchev–Trinajstić information content (AvgIpc) is 3.40. The minimum absolute atomic E-state index is 0.0392. The van der Waals surface area contributed by atoms with E-state index in [1.165, 1.54) is 6.42 Å². The van der Waals surface area contributed by atoms with Crippen LogP contribution in [0.5, 0.6) is 0 Å². The highest BCUT2D eigenvalue weighted by Gasteiger charge is 2.61.